The SMILES string of the molecule is [CH3][Hg][S]C[C@H](NC(=O)CC[C@H]([NH3+])C(=O)[O-])C(=O)NCC(=O)[O-]. The molecule has 22 heavy (non-hydrogen) atoms. The molecule has 0 saturated heterocycles. The number of carbonyl (C=O) groups is 4. The van der Waals surface area contributed by atoms with Crippen LogP contribution in [0.3, 0.4) is 0 Å². The van der Waals surface area contributed by atoms with E-state index in [0.717, 1.165) is 0 Å². The van der Waals surface area contributed by atoms with Crippen molar-refractivity contribution in [2.24, 2.45) is 0 Å². The molecule has 0 unspecified atom stereocenters. The number of hydrogen-bond acceptors (Lipinski definition) is 7. The summed E-state index contributed by atoms with van der Waals surface area (Å²) >= 11 is -1.07. The number of rotatable bonds is 11. The summed E-state index contributed by atoms with van der Waals surface area (Å²) in [6, 6.07) is -1.85. The first-order valence-electron chi connectivity index (χ1n) is 6.66. The summed E-state index contributed by atoms with van der Waals surface area (Å²) in [6.45, 7) is -0.627. The van der Waals surface area contributed by atoms with E-state index in [9.17, 15) is 29.4 Å². The third-order valence-electron chi connectivity index (χ3n) is 2.60. The fourth-order valence-electron chi connectivity index (χ4n) is 1.39. The molecule has 0 rings (SSSR count). The number of carbonyl (C=O) groups excluding carboxylic acids is 4. The van der Waals surface area contributed by atoms with Crippen LogP contribution in [-0.4, -0.2) is 48.1 Å². The van der Waals surface area contributed by atoms with Crippen molar-refractivity contribution >= 4 is 32.0 Å². The van der Waals surface area contributed by atoms with Crippen LogP contribution in [0.2, 0.25) is 4.43 Å². The van der Waals surface area contributed by atoms with Crippen molar-refractivity contribution in [3.63, 3.8) is 0 Å². The van der Waals surface area contributed by atoms with E-state index in [1.807, 2.05) is 0 Å². The molecule has 122 valence electrons. The van der Waals surface area contributed by atoms with Gasteiger partial charge < -0.3 is 0 Å². The summed E-state index contributed by atoms with van der Waals surface area (Å²) in [5, 5.41) is 25.5. The molecule has 9 nitrogen and oxygen atoms in total. The third-order valence-corrected chi connectivity index (χ3v) is 11.1. The van der Waals surface area contributed by atoms with E-state index in [-0.39, 0.29) is 12.8 Å². The van der Waals surface area contributed by atoms with Gasteiger partial charge in [-0.3, -0.25) is 0 Å². The summed E-state index contributed by atoms with van der Waals surface area (Å²) in [4.78, 5) is 44.4. The summed E-state index contributed by atoms with van der Waals surface area (Å²) in [5.74, 6) is -3.48. The predicted octanol–water partition coefficient (Wildman–Crippen LogP) is -4.74. The zero-order chi connectivity index (χ0) is 17.1. The Labute approximate surface area is 142 Å². The maximum absolute atomic E-state index is 11.8. The first-order chi connectivity index (χ1) is 10.3. The van der Waals surface area contributed by atoms with Crippen molar-refractivity contribution < 1.29 is 58.2 Å². The van der Waals surface area contributed by atoms with Crippen LogP contribution in [-0.2, 0) is 42.2 Å². The molecule has 2 atom stereocenters. The normalized spacial score (nSPS) is 12.6. The molecule has 0 aromatic heterocycles. The second-order valence-corrected chi connectivity index (χ2v) is 17.2. The van der Waals surface area contributed by atoms with Crippen molar-refractivity contribution in [1.29, 1.82) is 0 Å². The first kappa shape index (κ1) is 21.1. The van der Waals surface area contributed by atoms with Gasteiger partial charge in [0.2, 0.25) is 0 Å². The van der Waals surface area contributed by atoms with Crippen molar-refractivity contribution in [3.8, 4) is 0 Å². The molecular weight excluding hydrogens is 503 g/mol. The van der Waals surface area contributed by atoms with E-state index in [1.165, 1.54) is 0 Å². The van der Waals surface area contributed by atoms with Gasteiger partial charge in [0.15, 0.2) is 0 Å². The Morgan fingerprint density at radius 2 is 1.91 bits per heavy atom. The zero-order valence-corrected chi connectivity index (χ0v) is 18.6. The molecule has 0 fully saturated rings. The fourth-order valence-corrected chi connectivity index (χ4v) is 7.59. The van der Waals surface area contributed by atoms with Crippen molar-refractivity contribution in [3.05, 3.63) is 0 Å². The van der Waals surface area contributed by atoms with Crippen LogP contribution in [0, 0.1) is 0 Å². The summed E-state index contributed by atoms with van der Waals surface area (Å²) in [7, 11) is 1.62. The molecule has 0 bridgehead atoms. The van der Waals surface area contributed by atoms with Crippen molar-refractivity contribution in [2.45, 2.75) is 29.4 Å². The van der Waals surface area contributed by atoms with E-state index < -0.39 is 65.4 Å². The molecule has 0 aromatic carbocycles. The zero-order valence-electron chi connectivity index (χ0n) is 12.3. The first-order valence-corrected chi connectivity index (χ1v) is 20.0. The van der Waals surface area contributed by atoms with Gasteiger partial charge >= 0.3 is 142 Å². The van der Waals surface area contributed by atoms with E-state index in [2.05, 4.69) is 20.8 Å². The summed E-state index contributed by atoms with van der Waals surface area (Å²) in [5.41, 5.74) is 3.33. The Kier molecular flexibility index (Phi) is 11.2. The van der Waals surface area contributed by atoms with Crippen LogP contribution in [0.4, 0.5) is 0 Å². The number of carboxylic acid groups (broad SMARTS) is 2. The average Bonchev–Trinajstić information content (AvgIpc) is 2.46. The van der Waals surface area contributed by atoms with Crippen LogP contribution in [0.5, 0.6) is 0 Å². The van der Waals surface area contributed by atoms with Gasteiger partial charge in [0.05, 0.1) is 0 Å². The second-order valence-electron chi connectivity index (χ2n) is 4.42. The standard InChI is InChI=1S/C10H17N3O6S.CH3.Hg/c11-5(10(18)19)1-2-7(14)13-6(4-20)9(17)12-3-8(15)16;;/h5-6,20H,1-4,11H2,(H,12,17)(H,13,14)(H,15,16)(H,18,19);1H3;/q;;+1/p-2/t5-,6-;;/m0../s1. The van der Waals surface area contributed by atoms with Gasteiger partial charge in [-0.25, -0.2) is 0 Å². The van der Waals surface area contributed by atoms with E-state index in [4.69, 9.17) is 0 Å². The fraction of sp³-hybridized carbons (Fsp3) is 0.636. The van der Waals surface area contributed by atoms with Crippen LogP contribution in [0.1, 0.15) is 12.8 Å². The van der Waals surface area contributed by atoms with Gasteiger partial charge in [-0.1, -0.05) is 0 Å². The molecule has 0 aliphatic heterocycles. The second kappa shape index (κ2) is 11.7. The van der Waals surface area contributed by atoms with Gasteiger partial charge in [0.25, 0.3) is 0 Å². The molecular formula is C11H18HgN3O6S-. The Hall–Kier alpha value is -0.875. The summed E-state index contributed by atoms with van der Waals surface area (Å²) < 4.78 is 2.09. The van der Waals surface area contributed by atoms with Gasteiger partial charge in [-0.05, 0) is 0 Å². The Balaban J connectivity index is 4.43. The minimum absolute atomic E-state index is 0.00245. The maximum atomic E-state index is 11.8. The van der Waals surface area contributed by atoms with Gasteiger partial charge in [0, 0.05) is 0 Å². The number of quaternary nitrogens is 1. The van der Waals surface area contributed by atoms with Crippen LogP contribution in [0.25, 0.3) is 0 Å². The molecule has 0 aliphatic carbocycles. The van der Waals surface area contributed by atoms with Crippen LogP contribution >= 0.6 is 8.24 Å². The number of hydrogen-bond donors (Lipinski definition) is 3. The Bertz CT molecular complexity index is 423. The number of aliphatic carboxylic acids is 2. The molecule has 2 amide bonds. The number of carboxylic acids is 2. The number of amides is 2. The van der Waals surface area contributed by atoms with Gasteiger partial charge in [-0.2, -0.15) is 0 Å². The van der Waals surface area contributed by atoms with Crippen LogP contribution < -0.4 is 26.6 Å². The number of nitrogens with one attached hydrogen (secondary N) is 2. The third kappa shape index (κ3) is 9.95. The Morgan fingerprint density at radius 3 is 2.41 bits per heavy atom. The molecule has 0 aliphatic rings. The summed E-state index contributed by atoms with van der Waals surface area (Å²) in [6.07, 6.45) is -0.101. The monoisotopic (exact) mass is 522 g/mol. The average molecular weight is 521 g/mol. The van der Waals surface area contributed by atoms with Gasteiger partial charge in [0.1, 0.15) is 0 Å². The molecule has 0 radical (unpaired) electrons. The molecule has 0 heterocycles. The molecule has 0 saturated carbocycles. The molecule has 0 aromatic rings. The minimum atomic E-state index is -1.42. The molecule has 11 heteroatoms. The van der Waals surface area contributed by atoms with E-state index in [1.54, 1.807) is 8.24 Å². The van der Waals surface area contributed by atoms with Crippen molar-refractivity contribution in [2.75, 3.05) is 12.3 Å². The quantitative estimate of drug-likeness (QED) is 0.230. The van der Waals surface area contributed by atoms with Gasteiger partial charge in [-0.15, -0.1) is 0 Å². The van der Waals surface area contributed by atoms with Crippen LogP contribution in [0.15, 0.2) is 0 Å². The predicted molar refractivity (Wildman–Crippen MR) is 69.2 cm³/mol. The van der Waals surface area contributed by atoms with E-state index in [0.29, 0.717) is 5.75 Å². The topological polar surface area (TPSA) is 166 Å². The van der Waals surface area contributed by atoms with Crippen molar-refractivity contribution in [1.82, 2.24) is 10.6 Å². The van der Waals surface area contributed by atoms with E-state index >= 15 is 0 Å². The molecule has 5 N–H and O–H groups in total. The molecule has 0 spiro atoms. The Morgan fingerprint density at radius 1 is 1.27 bits per heavy atom.